The highest BCUT2D eigenvalue weighted by Gasteiger charge is 2.22. The number of benzene rings is 2. The van der Waals surface area contributed by atoms with Crippen LogP contribution in [0.15, 0.2) is 76.5 Å². The molecule has 6 nitrogen and oxygen atoms in total. The van der Waals surface area contributed by atoms with E-state index in [1.807, 2.05) is 47.9 Å². The summed E-state index contributed by atoms with van der Waals surface area (Å²) in [5, 5.41) is 11.7. The summed E-state index contributed by atoms with van der Waals surface area (Å²) in [6, 6.07) is 17.5. The van der Waals surface area contributed by atoms with Crippen LogP contribution in [0.1, 0.15) is 18.2 Å². The van der Waals surface area contributed by atoms with Crippen molar-refractivity contribution in [1.29, 1.82) is 0 Å². The lowest BCUT2D eigenvalue weighted by Crippen LogP contribution is -2.23. The summed E-state index contributed by atoms with van der Waals surface area (Å²) < 4.78 is 20.5. The summed E-state index contributed by atoms with van der Waals surface area (Å²) in [5.74, 6) is 0.882. The average Bonchev–Trinajstić information content (AvgIpc) is 3.36. The lowest BCUT2D eigenvalue weighted by Gasteiger charge is -2.14. The number of aryl methyl sites for hydroxylation is 1. The van der Waals surface area contributed by atoms with E-state index in [4.69, 9.17) is 4.42 Å². The van der Waals surface area contributed by atoms with Gasteiger partial charge in [-0.1, -0.05) is 42.1 Å². The molecule has 2 heterocycles. The number of hydrogen-bond donors (Lipinski definition) is 1. The number of rotatable bonds is 7. The second kappa shape index (κ2) is 9.18. The fourth-order valence-corrected chi connectivity index (χ4v) is 3.94. The van der Waals surface area contributed by atoms with Crippen LogP contribution in [0.4, 0.5) is 10.1 Å². The molecule has 0 saturated carbocycles. The van der Waals surface area contributed by atoms with Crippen LogP contribution in [0.3, 0.4) is 0 Å². The van der Waals surface area contributed by atoms with E-state index < -0.39 is 5.25 Å². The number of furan rings is 1. The molecular formula is C23H21FN4O2S. The fraction of sp³-hybridized carbons (Fsp3) is 0.174. The van der Waals surface area contributed by atoms with Gasteiger partial charge < -0.3 is 9.73 Å². The lowest BCUT2D eigenvalue weighted by atomic mass is 10.2. The Morgan fingerprint density at radius 3 is 2.55 bits per heavy atom. The van der Waals surface area contributed by atoms with Crippen LogP contribution in [-0.4, -0.2) is 25.9 Å². The van der Waals surface area contributed by atoms with Crippen molar-refractivity contribution in [1.82, 2.24) is 14.8 Å². The minimum Gasteiger partial charge on any atom is -0.469 e. The molecule has 4 aromatic rings. The molecule has 0 aliphatic heterocycles. The molecule has 0 radical (unpaired) electrons. The minimum atomic E-state index is -0.443. The predicted molar refractivity (Wildman–Crippen MR) is 118 cm³/mol. The first-order valence-electron chi connectivity index (χ1n) is 9.76. The second-order valence-electron chi connectivity index (χ2n) is 7.02. The van der Waals surface area contributed by atoms with Gasteiger partial charge in [0.1, 0.15) is 11.6 Å². The molecular weight excluding hydrogens is 415 g/mol. The van der Waals surface area contributed by atoms with Gasteiger partial charge in [-0.25, -0.2) is 4.39 Å². The van der Waals surface area contributed by atoms with Crippen molar-refractivity contribution < 1.29 is 13.6 Å². The SMILES string of the molecule is Cc1occc1-c1nnc(S[C@H](C)C(=O)Nc2ccc(F)cc2)n1Cc1ccccc1. The van der Waals surface area contributed by atoms with Crippen LogP contribution in [0.5, 0.6) is 0 Å². The van der Waals surface area contributed by atoms with Crippen molar-refractivity contribution in [3.05, 3.63) is 84.1 Å². The quantitative estimate of drug-likeness (QED) is 0.406. The van der Waals surface area contributed by atoms with Crippen molar-refractivity contribution in [3.8, 4) is 11.4 Å². The molecule has 158 valence electrons. The number of anilines is 1. The van der Waals surface area contributed by atoms with E-state index in [0.717, 1.165) is 16.9 Å². The summed E-state index contributed by atoms with van der Waals surface area (Å²) in [6.45, 7) is 4.23. The fourth-order valence-electron chi connectivity index (χ4n) is 3.09. The lowest BCUT2D eigenvalue weighted by molar-refractivity contribution is -0.115. The van der Waals surface area contributed by atoms with Crippen LogP contribution in [-0.2, 0) is 11.3 Å². The van der Waals surface area contributed by atoms with Crippen LogP contribution in [0.25, 0.3) is 11.4 Å². The highest BCUT2D eigenvalue weighted by Crippen LogP contribution is 2.30. The van der Waals surface area contributed by atoms with Crippen molar-refractivity contribution >= 4 is 23.4 Å². The van der Waals surface area contributed by atoms with Gasteiger partial charge >= 0.3 is 0 Å². The molecule has 4 rings (SSSR count). The summed E-state index contributed by atoms with van der Waals surface area (Å²) in [5.41, 5.74) is 2.49. The Hall–Kier alpha value is -3.39. The number of nitrogens with one attached hydrogen (secondary N) is 1. The van der Waals surface area contributed by atoms with Crippen molar-refractivity contribution in [2.24, 2.45) is 0 Å². The molecule has 8 heteroatoms. The number of thioether (sulfide) groups is 1. The van der Waals surface area contributed by atoms with Crippen LogP contribution < -0.4 is 5.32 Å². The molecule has 0 aliphatic rings. The van der Waals surface area contributed by atoms with Crippen molar-refractivity contribution in [3.63, 3.8) is 0 Å². The molecule has 1 N–H and O–H groups in total. The first kappa shape index (κ1) is 20.9. The molecule has 1 atom stereocenters. The van der Waals surface area contributed by atoms with Crippen molar-refractivity contribution in [2.45, 2.75) is 30.8 Å². The molecule has 31 heavy (non-hydrogen) atoms. The first-order chi connectivity index (χ1) is 15.0. The molecule has 0 bridgehead atoms. The van der Waals surface area contributed by atoms with Crippen molar-refractivity contribution in [2.75, 3.05) is 5.32 Å². The van der Waals surface area contributed by atoms with E-state index in [1.54, 1.807) is 13.2 Å². The number of carbonyl (C=O) groups is 1. The largest absolute Gasteiger partial charge is 0.469 e. The third kappa shape index (κ3) is 4.86. The van der Waals surface area contributed by atoms with Crippen LogP contribution in [0, 0.1) is 12.7 Å². The Kier molecular flexibility index (Phi) is 6.18. The van der Waals surface area contributed by atoms with Crippen LogP contribution in [0.2, 0.25) is 0 Å². The first-order valence-corrected chi connectivity index (χ1v) is 10.6. The monoisotopic (exact) mass is 436 g/mol. The maximum Gasteiger partial charge on any atom is 0.237 e. The van der Waals surface area contributed by atoms with Gasteiger partial charge in [-0.15, -0.1) is 10.2 Å². The van der Waals surface area contributed by atoms with Gasteiger partial charge in [-0.3, -0.25) is 9.36 Å². The molecule has 0 saturated heterocycles. The average molecular weight is 437 g/mol. The number of carbonyl (C=O) groups excluding carboxylic acids is 1. The second-order valence-corrected chi connectivity index (χ2v) is 8.33. The molecule has 0 unspecified atom stereocenters. The van der Waals surface area contributed by atoms with E-state index in [-0.39, 0.29) is 11.7 Å². The maximum absolute atomic E-state index is 13.1. The summed E-state index contributed by atoms with van der Waals surface area (Å²) >= 11 is 1.32. The summed E-state index contributed by atoms with van der Waals surface area (Å²) in [4.78, 5) is 12.7. The molecule has 2 aromatic heterocycles. The zero-order valence-corrected chi connectivity index (χ0v) is 17.9. The molecule has 0 spiro atoms. The number of halogens is 1. The van der Waals surface area contributed by atoms with E-state index >= 15 is 0 Å². The molecule has 2 aromatic carbocycles. The number of nitrogens with zero attached hydrogens (tertiary/aromatic N) is 3. The Morgan fingerprint density at radius 1 is 1.13 bits per heavy atom. The maximum atomic E-state index is 13.1. The Morgan fingerprint density at radius 2 is 1.87 bits per heavy atom. The van der Waals surface area contributed by atoms with E-state index in [0.29, 0.717) is 23.2 Å². The topological polar surface area (TPSA) is 72.9 Å². The molecule has 1 amide bonds. The zero-order valence-electron chi connectivity index (χ0n) is 17.1. The van der Waals surface area contributed by atoms with Gasteiger partial charge in [0.25, 0.3) is 0 Å². The van der Waals surface area contributed by atoms with Gasteiger partial charge in [-0.2, -0.15) is 0 Å². The van der Waals surface area contributed by atoms with E-state index in [1.165, 1.54) is 36.0 Å². The highest BCUT2D eigenvalue weighted by atomic mass is 32.2. The summed E-state index contributed by atoms with van der Waals surface area (Å²) in [7, 11) is 0. The third-order valence-corrected chi connectivity index (χ3v) is 5.84. The zero-order chi connectivity index (χ0) is 21.8. The smallest absolute Gasteiger partial charge is 0.237 e. The van der Waals surface area contributed by atoms with Gasteiger partial charge in [0.15, 0.2) is 11.0 Å². The van der Waals surface area contributed by atoms with Gasteiger partial charge in [0, 0.05) is 5.69 Å². The third-order valence-electron chi connectivity index (χ3n) is 4.76. The standard InChI is InChI=1S/C23H21FN4O2S/c1-15-20(12-13-30-15)21-26-27-23(28(21)14-17-6-4-3-5-7-17)31-16(2)22(29)25-19-10-8-18(24)9-11-19/h3-13,16H,14H2,1-2H3,(H,25,29)/t16-/m1/s1. The summed E-state index contributed by atoms with van der Waals surface area (Å²) in [6.07, 6.45) is 1.62. The minimum absolute atomic E-state index is 0.202. The normalized spacial score (nSPS) is 12.0. The Labute approximate surface area is 183 Å². The Bertz CT molecular complexity index is 1170. The van der Waals surface area contributed by atoms with E-state index in [9.17, 15) is 9.18 Å². The molecule has 0 fully saturated rings. The van der Waals surface area contributed by atoms with Crippen LogP contribution >= 0.6 is 11.8 Å². The number of hydrogen-bond acceptors (Lipinski definition) is 5. The Balaban J connectivity index is 1.58. The van der Waals surface area contributed by atoms with E-state index in [2.05, 4.69) is 15.5 Å². The van der Waals surface area contributed by atoms with Gasteiger partial charge in [-0.05, 0) is 49.7 Å². The predicted octanol–water partition coefficient (Wildman–Crippen LogP) is 5.15. The van der Waals surface area contributed by atoms with Gasteiger partial charge in [0.2, 0.25) is 5.91 Å². The molecule has 0 aliphatic carbocycles. The highest BCUT2D eigenvalue weighted by molar-refractivity contribution is 8.00. The van der Waals surface area contributed by atoms with Gasteiger partial charge in [0.05, 0.1) is 23.6 Å². The number of aromatic nitrogens is 3. The number of amides is 1.